The van der Waals surface area contributed by atoms with Gasteiger partial charge in [0.15, 0.2) is 0 Å². The summed E-state index contributed by atoms with van der Waals surface area (Å²) in [6, 6.07) is 0. The van der Waals surface area contributed by atoms with Gasteiger partial charge in [0.1, 0.15) is 5.78 Å². The molecule has 0 spiro atoms. The van der Waals surface area contributed by atoms with Crippen LogP contribution in [0, 0.1) is 5.41 Å². The third-order valence-corrected chi connectivity index (χ3v) is 4.32. The van der Waals surface area contributed by atoms with Crippen LogP contribution in [0.1, 0.15) is 78.1 Å². The highest BCUT2D eigenvalue weighted by atomic mass is 16.1. The molecule has 0 saturated carbocycles. The highest BCUT2D eigenvalue weighted by molar-refractivity contribution is 5.85. The van der Waals surface area contributed by atoms with Gasteiger partial charge in [0.25, 0.3) is 0 Å². The largest absolute Gasteiger partial charge is 0.316 e. The van der Waals surface area contributed by atoms with Crippen molar-refractivity contribution in [2.45, 2.75) is 78.1 Å². The van der Waals surface area contributed by atoms with Crippen LogP contribution >= 0.6 is 0 Å². The molecule has 0 aromatic carbocycles. The highest BCUT2D eigenvalue weighted by Crippen LogP contribution is 2.33. The number of Topliss-reactive ketones (excluding diaryl/α,β-unsaturated/α-hetero) is 1. The second-order valence-corrected chi connectivity index (χ2v) is 5.90. The minimum atomic E-state index is -0.00182. The summed E-state index contributed by atoms with van der Waals surface area (Å²) >= 11 is 0. The first-order chi connectivity index (χ1) is 8.75. The van der Waals surface area contributed by atoms with Gasteiger partial charge in [-0.05, 0) is 25.8 Å². The molecule has 1 atom stereocenters. The molecule has 0 amide bonds. The maximum atomic E-state index is 12.4. The Labute approximate surface area is 113 Å². The summed E-state index contributed by atoms with van der Waals surface area (Å²) in [6.45, 7) is 6.39. The molecule has 106 valence electrons. The SMILES string of the molecule is CCCCCCCCC(=O)C1(CCC)CCNC1. The van der Waals surface area contributed by atoms with E-state index >= 15 is 0 Å². The maximum absolute atomic E-state index is 12.4. The van der Waals surface area contributed by atoms with Gasteiger partial charge in [0, 0.05) is 18.4 Å². The van der Waals surface area contributed by atoms with Crippen LogP contribution in [0.25, 0.3) is 0 Å². The number of nitrogens with one attached hydrogen (secondary N) is 1. The molecule has 1 heterocycles. The van der Waals surface area contributed by atoms with Crippen molar-refractivity contribution in [2.75, 3.05) is 13.1 Å². The highest BCUT2D eigenvalue weighted by Gasteiger charge is 2.38. The molecule has 1 fully saturated rings. The Morgan fingerprint density at radius 3 is 2.39 bits per heavy atom. The Hall–Kier alpha value is -0.370. The van der Waals surface area contributed by atoms with Crippen molar-refractivity contribution in [3.8, 4) is 0 Å². The van der Waals surface area contributed by atoms with Crippen molar-refractivity contribution in [3.63, 3.8) is 0 Å². The zero-order valence-corrected chi connectivity index (χ0v) is 12.4. The molecule has 1 unspecified atom stereocenters. The second-order valence-electron chi connectivity index (χ2n) is 5.90. The summed E-state index contributed by atoms with van der Waals surface area (Å²) in [5.74, 6) is 0.532. The average Bonchev–Trinajstić information content (AvgIpc) is 2.83. The van der Waals surface area contributed by atoms with Crippen LogP contribution < -0.4 is 5.32 Å². The fourth-order valence-corrected chi connectivity index (χ4v) is 3.14. The molecule has 1 aliphatic rings. The fourth-order valence-electron chi connectivity index (χ4n) is 3.14. The van der Waals surface area contributed by atoms with E-state index in [0.717, 1.165) is 45.2 Å². The van der Waals surface area contributed by atoms with E-state index in [9.17, 15) is 4.79 Å². The van der Waals surface area contributed by atoms with Gasteiger partial charge in [-0.25, -0.2) is 0 Å². The predicted molar refractivity (Wildman–Crippen MR) is 77.8 cm³/mol. The van der Waals surface area contributed by atoms with Gasteiger partial charge in [-0.2, -0.15) is 0 Å². The third kappa shape index (κ3) is 4.72. The Morgan fingerprint density at radius 1 is 1.06 bits per heavy atom. The summed E-state index contributed by atoms with van der Waals surface area (Å²) in [6.07, 6.45) is 11.7. The van der Waals surface area contributed by atoms with Crippen molar-refractivity contribution < 1.29 is 4.79 Å². The van der Waals surface area contributed by atoms with E-state index in [2.05, 4.69) is 19.2 Å². The van der Waals surface area contributed by atoms with Crippen LogP contribution in [-0.4, -0.2) is 18.9 Å². The Kier molecular flexibility index (Phi) is 7.57. The lowest BCUT2D eigenvalue weighted by Gasteiger charge is -2.26. The standard InChI is InChI=1S/C16H31NO/c1-3-5-6-7-8-9-10-15(18)16(11-4-2)12-13-17-14-16/h17H,3-14H2,1-2H3. The summed E-state index contributed by atoms with van der Waals surface area (Å²) in [7, 11) is 0. The Morgan fingerprint density at radius 2 is 1.78 bits per heavy atom. The number of carbonyl (C=O) groups excluding carboxylic acids is 1. The van der Waals surface area contributed by atoms with Crippen molar-refractivity contribution in [3.05, 3.63) is 0 Å². The van der Waals surface area contributed by atoms with Crippen molar-refractivity contribution >= 4 is 5.78 Å². The first-order valence-electron chi connectivity index (χ1n) is 7.99. The molecule has 2 nitrogen and oxygen atoms in total. The van der Waals surface area contributed by atoms with Gasteiger partial charge < -0.3 is 5.32 Å². The quantitative estimate of drug-likeness (QED) is 0.594. The third-order valence-electron chi connectivity index (χ3n) is 4.32. The Balaban J connectivity index is 2.21. The molecule has 1 rings (SSSR count). The zero-order chi connectivity index (χ0) is 13.3. The van der Waals surface area contributed by atoms with Gasteiger partial charge in [-0.3, -0.25) is 4.79 Å². The summed E-state index contributed by atoms with van der Waals surface area (Å²) in [5, 5.41) is 3.38. The lowest BCUT2D eigenvalue weighted by Crippen LogP contribution is -2.33. The molecule has 0 aromatic heterocycles. The zero-order valence-electron chi connectivity index (χ0n) is 12.4. The van der Waals surface area contributed by atoms with Gasteiger partial charge in [0.2, 0.25) is 0 Å². The first-order valence-corrected chi connectivity index (χ1v) is 7.99. The number of carbonyl (C=O) groups is 1. The van der Waals surface area contributed by atoms with E-state index in [1.165, 1.54) is 32.1 Å². The minimum Gasteiger partial charge on any atom is -0.316 e. The van der Waals surface area contributed by atoms with E-state index in [-0.39, 0.29) is 5.41 Å². The van der Waals surface area contributed by atoms with Crippen molar-refractivity contribution in [2.24, 2.45) is 5.41 Å². The van der Waals surface area contributed by atoms with E-state index in [0.29, 0.717) is 5.78 Å². The minimum absolute atomic E-state index is 0.00182. The molecule has 1 N–H and O–H groups in total. The van der Waals surface area contributed by atoms with Gasteiger partial charge in [-0.1, -0.05) is 52.4 Å². The topological polar surface area (TPSA) is 29.1 Å². The molecule has 18 heavy (non-hydrogen) atoms. The van der Waals surface area contributed by atoms with Crippen LogP contribution in [0.5, 0.6) is 0 Å². The van der Waals surface area contributed by atoms with Gasteiger partial charge in [0.05, 0.1) is 0 Å². The fraction of sp³-hybridized carbons (Fsp3) is 0.938. The van der Waals surface area contributed by atoms with E-state index < -0.39 is 0 Å². The molecule has 1 saturated heterocycles. The lowest BCUT2D eigenvalue weighted by molar-refractivity contribution is -0.128. The average molecular weight is 253 g/mol. The van der Waals surface area contributed by atoms with Crippen LogP contribution in [0.3, 0.4) is 0 Å². The van der Waals surface area contributed by atoms with Crippen molar-refractivity contribution in [1.82, 2.24) is 5.32 Å². The molecule has 1 aliphatic heterocycles. The summed E-state index contributed by atoms with van der Waals surface area (Å²) in [5.41, 5.74) is -0.00182. The maximum Gasteiger partial charge on any atom is 0.140 e. The summed E-state index contributed by atoms with van der Waals surface area (Å²) in [4.78, 5) is 12.4. The molecule has 0 aromatic rings. The molecule has 2 heteroatoms. The smallest absolute Gasteiger partial charge is 0.140 e. The molecule has 0 aliphatic carbocycles. The normalized spacial score (nSPS) is 23.4. The molecule has 0 radical (unpaired) electrons. The second kappa shape index (κ2) is 8.68. The van der Waals surface area contributed by atoms with Gasteiger partial charge >= 0.3 is 0 Å². The summed E-state index contributed by atoms with van der Waals surface area (Å²) < 4.78 is 0. The molecular formula is C16H31NO. The van der Waals surface area contributed by atoms with Crippen LogP contribution in [0.4, 0.5) is 0 Å². The van der Waals surface area contributed by atoms with E-state index in [4.69, 9.17) is 0 Å². The number of unbranched alkanes of at least 4 members (excludes halogenated alkanes) is 5. The molecule has 0 bridgehead atoms. The van der Waals surface area contributed by atoms with Gasteiger partial charge in [-0.15, -0.1) is 0 Å². The predicted octanol–water partition coefficient (Wildman–Crippen LogP) is 4.09. The van der Waals surface area contributed by atoms with Crippen LogP contribution in [0.15, 0.2) is 0 Å². The monoisotopic (exact) mass is 253 g/mol. The number of rotatable bonds is 10. The van der Waals surface area contributed by atoms with E-state index in [1.807, 2.05) is 0 Å². The first kappa shape index (κ1) is 15.7. The number of hydrogen-bond donors (Lipinski definition) is 1. The van der Waals surface area contributed by atoms with Crippen molar-refractivity contribution in [1.29, 1.82) is 0 Å². The van der Waals surface area contributed by atoms with Crippen LogP contribution in [0.2, 0.25) is 0 Å². The number of ketones is 1. The van der Waals surface area contributed by atoms with Crippen LogP contribution in [-0.2, 0) is 4.79 Å². The Bertz CT molecular complexity index is 231. The lowest BCUT2D eigenvalue weighted by atomic mass is 9.77. The number of hydrogen-bond acceptors (Lipinski definition) is 2. The van der Waals surface area contributed by atoms with E-state index in [1.54, 1.807) is 0 Å². The molecular weight excluding hydrogens is 222 g/mol.